The first-order valence-electron chi connectivity index (χ1n) is 11.3. The van der Waals surface area contributed by atoms with Gasteiger partial charge >= 0.3 is 0 Å². The van der Waals surface area contributed by atoms with E-state index in [2.05, 4.69) is 10.5 Å². The number of carbonyl (C=O) groups excluding carboxylic acids is 1. The number of rotatable bonds is 10. The summed E-state index contributed by atoms with van der Waals surface area (Å²) in [6.45, 7) is 0.625. The number of halogens is 1. The van der Waals surface area contributed by atoms with Gasteiger partial charge in [-0.1, -0.05) is 54.6 Å². The minimum Gasteiger partial charge on any atom is -0.493 e. The molecular weight excluding hydrogens is 459 g/mol. The summed E-state index contributed by atoms with van der Waals surface area (Å²) in [4.78, 5) is 12.6. The first-order chi connectivity index (χ1) is 17.6. The molecule has 0 bridgehead atoms. The Labute approximate surface area is 209 Å². The Morgan fingerprint density at radius 2 is 1.61 bits per heavy atom. The van der Waals surface area contributed by atoms with E-state index >= 15 is 0 Å². The second-order valence-electron chi connectivity index (χ2n) is 7.83. The molecule has 0 atom stereocenters. The number of benzene rings is 4. The van der Waals surface area contributed by atoms with Gasteiger partial charge in [0.25, 0.3) is 5.91 Å². The van der Waals surface area contributed by atoms with Gasteiger partial charge in [0.1, 0.15) is 24.8 Å². The molecule has 0 fully saturated rings. The van der Waals surface area contributed by atoms with Crippen LogP contribution in [0.25, 0.3) is 0 Å². The average molecular weight is 485 g/mol. The maximum Gasteiger partial charge on any atom is 0.271 e. The fourth-order valence-electron chi connectivity index (χ4n) is 3.37. The fourth-order valence-corrected chi connectivity index (χ4v) is 3.37. The van der Waals surface area contributed by atoms with Crippen LogP contribution in [-0.4, -0.2) is 19.2 Å². The first-order valence-corrected chi connectivity index (χ1v) is 11.3. The summed E-state index contributed by atoms with van der Waals surface area (Å²) in [5, 5.41) is 4.04. The fraction of sp³-hybridized carbons (Fsp3) is 0.103. The zero-order valence-corrected chi connectivity index (χ0v) is 19.7. The number of nitrogens with zero attached hydrogens (tertiary/aromatic N) is 1. The van der Waals surface area contributed by atoms with Gasteiger partial charge in [-0.15, -0.1) is 0 Å². The van der Waals surface area contributed by atoms with Crippen LogP contribution in [0, 0.1) is 5.82 Å². The Balaban J connectivity index is 1.33. The van der Waals surface area contributed by atoms with Crippen LogP contribution in [0.15, 0.2) is 102 Å². The van der Waals surface area contributed by atoms with Gasteiger partial charge < -0.3 is 14.2 Å². The third-order valence-electron chi connectivity index (χ3n) is 5.20. The number of hydrogen-bond acceptors (Lipinski definition) is 5. The van der Waals surface area contributed by atoms with Crippen LogP contribution >= 0.6 is 0 Å². The molecule has 7 heteroatoms. The van der Waals surface area contributed by atoms with E-state index in [-0.39, 0.29) is 12.4 Å². The maximum absolute atomic E-state index is 13.3. The predicted octanol–water partition coefficient (Wildman–Crippen LogP) is 5.76. The predicted molar refractivity (Wildman–Crippen MR) is 136 cm³/mol. The Morgan fingerprint density at radius 1 is 0.833 bits per heavy atom. The molecule has 0 spiro atoms. The molecule has 36 heavy (non-hydrogen) atoms. The molecule has 0 aliphatic rings. The summed E-state index contributed by atoms with van der Waals surface area (Å²) in [5.41, 5.74) is 5.38. The van der Waals surface area contributed by atoms with Gasteiger partial charge in [0.2, 0.25) is 0 Å². The summed E-state index contributed by atoms with van der Waals surface area (Å²) in [5.74, 6) is 0.893. The zero-order chi connectivity index (χ0) is 25.2. The van der Waals surface area contributed by atoms with Gasteiger partial charge in [-0.2, -0.15) is 5.10 Å². The summed E-state index contributed by atoms with van der Waals surface area (Å²) in [6, 6.07) is 28.2. The number of ether oxygens (including phenoxy) is 3. The lowest BCUT2D eigenvalue weighted by Crippen LogP contribution is -2.17. The number of methoxy groups -OCH3 is 1. The van der Waals surface area contributed by atoms with Gasteiger partial charge in [-0.05, 0) is 59.2 Å². The van der Waals surface area contributed by atoms with Crippen LogP contribution < -0.4 is 19.6 Å². The molecule has 0 aliphatic carbocycles. The average Bonchev–Trinajstić information content (AvgIpc) is 2.91. The standard InChI is InChI=1S/C29H25FN2O4/c1-34-28-17-24(13-14-27(28)36-19-21-7-3-2-4-8-21)29(33)32-31-18-22-9-6-12-26(16-22)35-20-23-10-5-11-25(30)15-23/h2-18H,19-20H2,1H3,(H,32,33)/b31-18+. The highest BCUT2D eigenvalue weighted by molar-refractivity contribution is 5.95. The Bertz CT molecular complexity index is 1340. The van der Waals surface area contributed by atoms with Crippen LogP contribution in [0.1, 0.15) is 27.0 Å². The van der Waals surface area contributed by atoms with Crippen LogP contribution in [0.5, 0.6) is 17.2 Å². The van der Waals surface area contributed by atoms with E-state index in [1.807, 2.05) is 42.5 Å². The van der Waals surface area contributed by atoms with Gasteiger partial charge in [0.05, 0.1) is 13.3 Å². The third-order valence-corrected chi connectivity index (χ3v) is 5.20. The lowest BCUT2D eigenvalue weighted by atomic mass is 10.2. The minimum atomic E-state index is -0.391. The maximum atomic E-state index is 13.3. The Kier molecular flexibility index (Phi) is 8.27. The van der Waals surface area contributed by atoms with Crippen molar-refractivity contribution in [2.75, 3.05) is 7.11 Å². The molecule has 0 unspecified atom stereocenters. The number of nitrogens with one attached hydrogen (secondary N) is 1. The van der Waals surface area contributed by atoms with E-state index in [1.54, 1.807) is 42.5 Å². The molecule has 0 saturated heterocycles. The molecule has 0 aliphatic heterocycles. The largest absolute Gasteiger partial charge is 0.493 e. The minimum absolute atomic E-state index is 0.238. The quantitative estimate of drug-likeness (QED) is 0.230. The molecule has 0 aromatic heterocycles. The van der Waals surface area contributed by atoms with Gasteiger partial charge in [-0.3, -0.25) is 4.79 Å². The first kappa shape index (κ1) is 24.5. The van der Waals surface area contributed by atoms with Crippen molar-refractivity contribution in [3.63, 3.8) is 0 Å². The van der Waals surface area contributed by atoms with Crippen LogP contribution in [0.4, 0.5) is 4.39 Å². The number of hydrogen-bond donors (Lipinski definition) is 1. The Hall–Kier alpha value is -4.65. The van der Waals surface area contributed by atoms with Crippen molar-refractivity contribution >= 4 is 12.1 Å². The lowest BCUT2D eigenvalue weighted by molar-refractivity contribution is 0.0954. The summed E-state index contributed by atoms with van der Waals surface area (Å²) in [7, 11) is 1.52. The third kappa shape index (κ3) is 6.93. The van der Waals surface area contributed by atoms with Crippen molar-refractivity contribution in [1.82, 2.24) is 5.43 Å². The number of hydrazone groups is 1. The van der Waals surface area contributed by atoms with Gasteiger partial charge in [-0.25, -0.2) is 9.82 Å². The molecule has 182 valence electrons. The summed E-state index contributed by atoms with van der Waals surface area (Å²) < 4.78 is 30.3. The van der Waals surface area contributed by atoms with Gasteiger partial charge in [0, 0.05) is 5.56 Å². The molecular formula is C29H25FN2O4. The number of carbonyl (C=O) groups is 1. The number of amides is 1. The van der Waals surface area contributed by atoms with E-state index in [4.69, 9.17) is 14.2 Å². The van der Waals surface area contributed by atoms with E-state index in [0.29, 0.717) is 29.4 Å². The van der Waals surface area contributed by atoms with Crippen LogP contribution in [0.2, 0.25) is 0 Å². The van der Waals surface area contributed by atoms with E-state index in [1.165, 1.54) is 25.5 Å². The smallest absolute Gasteiger partial charge is 0.271 e. The van der Waals surface area contributed by atoms with E-state index < -0.39 is 5.91 Å². The van der Waals surface area contributed by atoms with Crippen molar-refractivity contribution in [3.8, 4) is 17.2 Å². The molecule has 0 radical (unpaired) electrons. The molecule has 1 N–H and O–H groups in total. The second kappa shape index (κ2) is 12.2. The van der Waals surface area contributed by atoms with Crippen molar-refractivity contribution in [1.29, 1.82) is 0 Å². The molecule has 4 aromatic carbocycles. The van der Waals surface area contributed by atoms with Crippen molar-refractivity contribution in [2.45, 2.75) is 13.2 Å². The van der Waals surface area contributed by atoms with Crippen molar-refractivity contribution in [2.24, 2.45) is 5.10 Å². The SMILES string of the molecule is COc1cc(C(=O)N/N=C/c2cccc(OCc3cccc(F)c3)c2)ccc1OCc1ccccc1. The molecule has 0 saturated carbocycles. The highest BCUT2D eigenvalue weighted by Gasteiger charge is 2.11. The lowest BCUT2D eigenvalue weighted by Gasteiger charge is -2.12. The molecule has 4 aromatic rings. The highest BCUT2D eigenvalue weighted by atomic mass is 19.1. The molecule has 1 amide bonds. The molecule has 0 heterocycles. The summed E-state index contributed by atoms with van der Waals surface area (Å²) >= 11 is 0. The van der Waals surface area contributed by atoms with E-state index in [9.17, 15) is 9.18 Å². The van der Waals surface area contributed by atoms with Crippen LogP contribution in [0.3, 0.4) is 0 Å². The monoisotopic (exact) mass is 484 g/mol. The Morgan fingerprint density at radius 3 is 2.42 bits per heavy atom. The van der Waals surface area contributed by atoms with Gasteiger partial charge in [0.15, 0.2) is 11.5 Å². The summed E-state index contributed by atoms with van der Waals surface area (Å²) in [6.07, 6.45) is 1.52. The van der Waals surface area contributed by atoms with Crippen molar-refractivity contribution < 1.29 is 23.4 Å². The van der Waals surface area contributed by atoms with Crippen LogP contribution in [-0.2, 0) is 13.2 Å². The van der Waals surface area contributed by atoms with E-state index in [0.717, 1.165) is 16.7 Å². The van der Waals surface area contributed by atoms with Crippen molar-refractivity contribution in [3.05, 3.63) is 125 Å². The molecule has 4 rings (SSSR count). The normalized spacial score (nSPS) is 10.7. The molecule has 6 nitrogen and oxygen atoms in total. The highest BCUT2D eigenvalue weighted by Crippen LogP contribution is 2.29. The second-order valence-corrected chi connectivity index (χ2v) is 7.83. The zero-order valence-electron chi connectivity index (χ0n) is 19.7. The topological polar surface area (TPSA) is 69.2 Å².